The van der Waals surface area contributed by atoms with Gasteiger partial charge in [-0.25, -0.2) is 17.9 Å². The van der Waals surface area contributed by atoms with Crippen LogP contribution in [-0.2, 0) is 31.4 Å². The van der Waals surface area contributed by atoms with E-state index in [-0.39, 0.29) is 22.8 Å². The zero-order valence-corrected chi connectivity index (χ0v) is 26.4. The molecular formula is C33H39ClN2O7S. The van der Waals surface area contributed by atoms with Gasteiger partial charge < -0.3 is 19.5 Å². The fraction of sp³-hybridized carbons (Fsp3) is 0.515. The van der Waals surface area contributed by atoms with Crippen molar-refractivity contribution in [2.24, 2.45) is 11.8 Å². The highest BCUT2D eigenvalue weighted by atomic mass is 35.5. The van der Waals surface area contributed by atoms with E-state index in [1.165, 1.54) is 11.1 Å². The highest BCUT2D eigenvalue weighted by molar-refractivity contribution is 7.90. The first-order chi connectivity index (χ1) is 21.0. The topological polar surface area (TPSA) is 122 Å². The monoisotopic (exact) mass is 642 g/mol. The molecule has 2 heterocycles. The number of benzene rings is 2. The third kappa shape index (κ3) is 6.21. The van der Waals surface area contributed by atoms with Crippen LogP contribution in [0.25, 0.3) is 0 Å². The maximum absolute atomic E-state index is 13.3. The van der Waals surface area contributed by atoms with Crippen LogP contribution in [0.2, 0.25) is 5.02 Å². The summed E-state index contributed by atoms with van der Waals surface area (Å²) >= 11 is 6.39. The van der Waals surface area contributed by atoms with Crippen LogP contribution in [0.3, 0.4) is 0 Å². The minimum Gasteiger partial charge on any atom is -0.490 e. The molecule has 236 valence electrons. The first-order valence-electron chi connectivity index (χ1n) is 15.4. The van der Waals surface area contributed by atoms with Crippen molar-refractivity contribution in [1.29, 1.82) is 0 Å². The molecule has 2 bridgehead atoms. The average molecular weight is 643 g/mol. The van der Waals surface area contributed by atoms with Crippen molar-refractivity contribution in [3.63, 3.8) is 0 Å². The van der Waals surface area contributed by atoms with Gasteiger partial charge in [0.15, 0.2) is 0 Å². The summed E-state index contributed by atoms with van der Waals surface area (Å²) in [6, 6.07) is 11.2. The van der Waals surface area contributed by atoms with Crippen molar-refractivity contribution < 1.29 is 32.6 Å². The Balaban J connectivity index is 1.41. The van der Waals surface area contributed by atoms with E-state index in [4.69, 9.17) is 21.1 Å². The molecule has 11 heteroatoms. The van der Waals surface area contributed by atoms with Gasteiger partial charge in [-0.1, -0.05) is 29.8 Å². The number of fused-ring (bicyclic) bond motifs is 4. The molecule has 4 aliphatic rings. The number of sulfonamides is 1. The summed E-state index contributed by atoms with van der Waals surface area (Å²) in [4.78, 5) is 27.0. The lowest BCUT2D eigenvalue weighted by atomic mass is 9.68. The van der Waals surface area contributed by atoms with Crippen molar-refractivity contribution >= 4 is 39.2 Å². The van der Waals surface area contributed by atoms with Crippen molar-refractivity contribution in [2.75, 3.05) is 31.2 Å². The van der Waals surface area contributed by atoms with Crippen LogP contribution in [-0.4, -0.2) is 63.1 Å². The number of amides is 1. The summed E-state index contributed by atoms with van der Waals surface area (Å²) < 4.78 is 40.8. The number of anilines is 1. The normalized spacial score (nSPS) is 30.5. The Kier molecular flexibility index (Phi) is 8.69. The Bertz CT molecular complexity index is 1580. The number of carbonyl (C=O) groups excluding carboxylic acids is 1. The van der Waals surface area contributed by atoms with E-state index in [9.17, 15) is 23.1 Å². The van der Waals surface area contributed by atoms with Crippen molar-refractivity contribution in [3.8, 4) is 5.75 Å². The molecule has 1 fully saturated rings. The van der Waals surface area contributed by atoms with E-state index in [1.54, 1.807) is 25.1 Å². The van der Waals surface area contributed by atoms with Gasteiger partial charge in [-0.05, 0) is 105 Å². The van der Waals surface area contributed by atoms with E-state index in [0.29, 0.717) is 43.3 Å². The number of ether oxygens (including phenoxy) is 2. The van der Waals surface area contributed by atoms with Gasteiger partial charge in [0.05, 0.1) is 23.6 Å². The molecule has 2 N–H and O–H groups in total. The third-order valence-electron chi connectivity index (χ3n) is 9.88. The predicted molar refractivity (Wildman–Crippen MR) is 168 cm³/mol. The molecule has 2 aromatic carbocycles. The van der Waals surface area contributed by atoms with Crippen LogP contribution in [0.15, 0.2) is 48.6 Å². The molecule has 2 aliphatic heterocycles. The molecule has 5 atom stereocenters. The van der Waals surface area contributed by atoms with Crippen LogP contribution in [0.4, 0.5) is 5.69 Å². The minimum atomic E-state index is -3.93. The van der Waals surface area contributed by atoms with Gasteiger partial charge in [-0.15, -0.1) is 0 Å². The SMILES string of the molecule is C[C@@H]1CC/C=C/[C@H](OCC(=O)O)[C@@H]2CC[C@H]2CN2C[C@@]3(CCCc4cc(Cl)ccc43)COc3ccc(cc32)C(=O)NS1(=O)=O. The summed E-state index contributed by atoms with van der Waals surface area (Å²) in [7, 11) is -3.93. The van der Waals surface area contributed by atoms with Gasteiger partial charge in [0.2, 0.25) is 10.0 Å². The summed E-state index contributed by atoms with van der Waals surface area (Å²) in [5.74, 6) is -0.721. The van der Waals surface area contributed by atoms with Gasteiger partial charge in [-0.2, -0.15) is 0 Å². The van der Waals surface area contributed by atoms with E-state index in [2.05, 4.69) is 15.7 Å². The van der Waals surface area contributed by atoms with Gasteiger partial charge in [-0.3, -0.25) is 4.79 Å². The number of carboxylic acid groups (broad SMARTS) is 1. The molecule has 0 unspecified atom stereocenters. The molecule has 1 saturated carbocycles. The lowest BCUT2D eigenvalue weighted by Gasteiger charge is -2.46. The lowest BCUT2D eigenvalue weighted by molar-refractivity contribution is -0.145. The fourth-order valence-electron chi connectivity index (χ4n) is 7.29. The highest BCUT2D eigenvalue weighted by Gasteiger charge is 2.44. The minimum absolute atomic E-state index is 0.104. The molecule has 1 spiro atoms. The van der Waals surface area contributed by atoms with Gasteiger partial charge >= 0.3 is 5.97 Å². The van der Waals surface area contributed by atoms with Crippen LogP contribution in [0.1, 0.15) is 66.9 Å². The van der Waals surface area contributed by atoms with Crippen molar-refractivity contribution in [2.45, 2.75) is 68.6 Å². The number of nitrogens with one attached hydrogen (secondary N) is 1. The zero-order chi connectivity index (χ0) is 31.1. The highest BCUT2D eigenvalue weighted by Crippen LogP contribution is 2.47. The van der Waals surface area contributed by atoms with E-state index >= 15 is 0 Å². The number of carbonyl (C=O) groups is 2. The van der Waals surface area contributed by atoms with Gasteiger partial charge in [0, 0.05) is 29.1 Å². The van der Waals surface area contributed by atoms with Crippen LogP contribution >= 0.6 is 11.6 Å². The Hall–Kier alpha value is -3.08. The molecule has 2 aliphatic carbocycles. The number of aryl methyl sites for hydroxylation is 1. The number of rotatable bonds is 3. The average Bonchev–Trinajstić information content (AvgIpc) is 3.12. The number of aliphatic carboxylic acids is 1. The number of carboxylic acids is 1. The third-order valence-corrected chi connectivity index (χ3v) is 11.9. The van der Waals surface area contributed by atoms with Gasteiger partial charge in [0.1, 0.15) is 12.4 Å². The van der Waals surface area contributed by atoms with Crippen molar-refractivity contribution in [1.82, 2.24) is 4.72 Å². The second-order valence-electron chi connectivity index (χ2n) is 12.8. The number of hydrogen-bond donors (Lipinski definition) is 2. The van der Waals surface area contributed by atoms with E-state index < -0.39 is 39.9 Å². The molecular weight excluding hydrogens is 604 g/mol. The maximum Gasteiger partial charge on any atom is 0.329 e. The van der Waals surface area contributed by atoms with Crippen LogP contribution in [0, 0.1) is 11.8 Å². The Morgan fingerprint density at radius 2 is 2.05 bits per heavy atom. The Labute approximate surface area is 263 Å². The molecule has 1 amide bonds. The van der Waals surface area contributed by atoms with E-state index in [0.717, 1.165) is 37.8 Å². The largest absolute Gasteiger partial charge is 0.490 e. The second kappa shape index (κ2) is 12.4. The molecule has 9 nitrogen and oxygen atoms in total. The number of nitrogens with zero attached hydrogens (tertiary/aromatic N) is 1. The van der Waals surface area contributed by atoms with Crippen molar-refractivity contribution in [3.05, 3.63) is 70.3 Å². The molecule has 44 heavy (non-hydrogen) atoms. The number of halogens is 1. The molecule has 6 rings (SSSR count). The first-order valence-corrected chi connectivity index (χ1v) is 17.3. The zero-order valence-electron chi connectivity index (χ0n) is 24.8. The van der Waals surface area contributed by atoms with Crippen LogP contribution in [0.5, 0.6) is 5.75 Å². The van der Waals surface area contributed by atoms with E-state index in [1.807, 2.05) is 24.3 Å². The summed E-state index contributed by atoms with van der Waals surface area (Å²) in [6.45, 7) is 2.95. The molecule has 0 radical (unpaired) electrons. The summed E-state index contributed by atoms with van der Waals surface area (Å²) in [5, 5.41) is 9.25. The first kappa shape index (κ1) is 30.9. The fourth-order valence-corrected chi connectivity index (χ4v) is 8.51. The number of hydrogen-bond acceptors (Lipinski definition) is 7. The van der Waals surface area contributed by atoms with Gasteiger partial charge in [0.25, 0.3) is 5.91 Å². The summed E-state index contributed by atoms with van der Waals surface area (Å²) in [5.41, 5.74) is 3.14. The molecule has 0 saturated heterocycles. The second-order valence-corrected chi connectivity index (χ2v) is 15.3. The molecule has 0 aromatic heterocycles. The van der Waals surface area contributed by atoms with Crippen LogP contribution < -0.4 is 14.4 Å². The summed E-state index contributed by atoms with van der Waals surface area (Å²) in [6.07, 6.45) is 8.86. The standard InChI is InChI=1S/C33H39ClN2O7S/c1-21-5-2-3-7-29(42-18-31(37)38)26-11-8-24(26)17-36-19-33(14-4-6-22-15-25(34)10-12-27(22)33)20-43-30-13-9-23(16-28(30)36)32(39)35-44(21,40)41/h3,7,9-10,12-13,15-16,21,24,26,29H,2,4-6,8,11,14,17-20H2,1H3,(H,35,39)(H,37,38)/b7-3+/t21-,24+,26-,29+,33+/m1/s1. The quantitative estimate of drug-likeness (QED) is 0.443. The Morgan fingerprint density at radius 3 is 2.82 bits per heavy atom. The number of allylic oxidation sites excluding steroid dienone is 1. The molecule has 2 aromatic rings. The maximum atomic E-state index is 13.3. The predicted octanol–water partition coefficient (Wildman–Crippen LogP) is 5.11. The lowest BCUT2D eigenvalue weighted by Crippen LogP contribution is -2.49. The smallest absolute Gasteiger partial charge is 0.329 e. The Morgan fingerprint density at radius 1 is 1.20 bits per heavy atom.